The molecule has 1 aromatic carbocycles. The molecular formula is C18H25N3O2. The van der Waals surface area contributed by atoms with E-state index in [-0.39, 0.29) is 23.8 Å². The summed E-state index contributed by atoms with van der Waals surface area (Å²) in [6.07, 6.45) is 4.18. The number of nitrogens with two attached hydrogens (primary N) is 1. The number of carbonyl (C=O) groups is 2. The lowest BCUT2D eigenvalue weighted by molar-refractivity contribution is -0.117. The molecule has 2 amide bonds. The van der Waals surface area contributed by atoms with Crippen LogP contribution in [0, 0.1) is 17.8 Å². The van der Waals surface area contributed by atoms with E-state index in [1.165, 1.54) is 0 Å². The molecule has 4 unspecified atom stereocenters. The normalized spacial score (nSPS) is 29.1. The fraction of sp³-hybridized carbons (Fsp3) is 0.556. The van der Waals surface area contributed by atoms with Crippen molar-refractivity contribution in [1.29, 1.82) is 0 Å². The summed E-state index contributed by atoms with van der Waals surface area (Å²) in [6, 6.07) is 7.27. The Bertz CT molecular complexity index is 584. The summed E-state index contributed by atoms with van der Waals surface area (Å²) < 4.78 is 0. The minimum Gasteiger partial charge on any atom is -0.349 e. The molecule has 0 radical (unpaired) electrons. The fourth-order valence-corrected chi connectivity index (χ4v) is 3.39. The van der Waals surface area contributed by atoms with E-state index in [1.54, 1.807) is 24.3 Å². The molecule has 5 heteroatoms. The smallest absolute Gasteiger partial charge is 0.251 e. The zero-order valence-corrected chi connectivity index (χ0v) is 13.5. The summed E-state index contributed by atoms with van der Waals surface area (Å²) in [4.78, 5) is 24.2. The molecule has 2 fully saturated rings. The minimum atomic E-state index is -0.0657. The third-order valence-electron chi connectivity index (χ3n) is 5.14. The minimum absolute atomic E-state index is 0.0657. The van der Waals surface area contributed by atoms with Crippen LogP contribution in [0.4, 0.5) is 5.69 Å². The number of benzene rings is 1. The van der Waals surface area contributed by atoms with Crippen molar-refractivity contribution in [2.24, 2.45) is 23.5 Å². The standard InChI is InChI=1S/C18H25N3O2/c1-11-9-15(11)18(23)20-14-7-5-12(6-8-14)17(22)21-16-4-2-3-13(16)10-19/h5-8,11,13,15-16H,2-4,9-10,19H2,1H3,(H,20,23)(H,21,22). The molecule has 2 aliphatic carbocycles. The van der Waals surface area contributed by atoms with Crippen LogP contribution in [0.1, 0.15) is 43.0 Å². The Kier molecular flexibility index (Phi) is 4.66. The van der Waals surface area contributed by atoms with Crippen LogP contribution in [0.5, 0.6) is 0 Å². The lowest BCUT2D eigenvalue weighted by Gasteiger charge is -2.19. The molecule has 124 valence electrons. The topological polar surface area (TPSA) is 84.2 Å². The first-order valence-corrected chi connectivity index (χ1v) is 8.50. The highest BCUT2D eigenvalue weighted by Gasteiger charge is 2.39. The zero-order valence-electron chi connectivity index (χ0n) is 13.5. The molecule has 3 rings (SSSR count). The van der Waals surface area contributed by atoms with Gasteiger partial charge in [-0.2, -0.15) is 0 Å². The Morgan fingerprint density at radius 3 is 2.52 bits per heavy atom. The molecule has 0 aromatic heterocycles. The van der Waals surface area contributed by atoms with E-state index < -0.39 is 0 Å². The van der Waals surface area contributed by atoms with Crippen molar-refractivity contribution in [3.63, 3.8) is 0 Å². The third kappa shape index (κ3) is 3.72. The number of anilines is 1. The maximum absolute atomic E-state index is 12.3. The summed E-state index contributed by atoms with van der Waals surface area (Å²) in [6.45, 7) is 2.70. The van der Waals surface area contributed by atoms with Crippen molar-refractivity contribution in [2.75, 3.05) is 11.9 Å². The molecule has 5 nitrogen and oxygen atoms in total. The second-order valence-corrected chi connectivity index (χ2v) is 6.89. The van der Waals surface area contributed by atoms with Crippen LogP contribution in [-0.2, 0) is 4.79 Å². The Balaban J connectivity index is 1.56. The molecule has 4 N–H and O–H groups in total. The predicted molar refractivity (Wildman–Crippen MR) is 90.0 cm³/mol. The maximum Gasteiger partial charge on any atom is 0.251 e. The number of hydrogen-bond acceptors (Lipinski definition) is 3. The van der Waals surface area contributed by atoms with Gasteiger partial charge < -0.3 is 16.4 Å². The molecule has 1 aromatic rings. The summed E-state index contributed by atoms with van der Waals surface area (Å²) in [5, 5.41) is 5.99. The van der Waals surface area contributed by atoms with E-state index in [0.717, 1.165) is 31.4 Å². The maximum atomic E-state index is 12.3. The highest BCUT2D eigenvalue weighted by Crippen LogP contribution is 2.38. The molecule has 2 saturated carbocycles. The average molecular weight is 315 g/mol. The average Bonchev–Trinajstić information content (AvgIpc) is 3.11. The molecular weight excluding hydrogens is 290 g/mol. The highest BCUT2D eigenvalue weighted by molar-refractivity contribution is 5.97. The summed E-state index contributed by atoms with van der Waals surface area (Å²) in [7, 11) is 0. The van der Waals surface area contributed by atoms with E-state index in [4.69, 9.17) is 5.73 Å². The van der Waals surface area contributed by atoms with Crippen molar-refractivity contribution in [1.82, 2.24) is 5.32 Å². The Morgan fingerprint density at radius 2 is 1.91 bits per heavy atom. The molecule has 0 spiro atoms. The Hall–Kier alpha value is -1.88. The molecule has 4 atom stereocenters. The number of rotatable bonds is 5. The summed E-state index contributed by atoms with van der Waals surface area (Å²) >= 11 is 0. The lowest BCUT2D eigenvalue weighted by Crippen LogP contribution is -2.39. The van der Waals surface area contributed by atoms with Gasteiger partial charge in [0.15, 0.2) is 0 Å². The number of nitrogens with one attached hydrogen (secondary N) is 2. The van der Waals surface area contributed by atoms with Crippen molar-refractivity contribution in [3.8, 4) is 0 Å². The van der Waals surface area contributed by atoms with Crippen LogP contribution >= 0.6 is 0 Å². The highest BCUT2D eigenvalue weighted by atomic mass is 16.2. The van der Waals surface area contributed by atoms with Gasteiger partial charge in [-0.3, -0.25) is 9.59 Å². The number of hydrogen-bond donors (Lipinski definition) is 3. The first-order valence-electron chi connectivity index (χ1n) is 8.50. The second kappa shape index (κ2) is 6.71. The van der Waals surface area contributed by atoms with Crippen LogP contribution in [0.3, 0.4) is 0 Å². The van der Waals surface area contributed by atoms with Crippen molar-refractivity contribution in [2.45, 2.75) is 38.6 Å². The van der Waals surface area contributed by atoms with Gasteiger partial charge >= 0.3 is 0 Å². The molecule has 2 aliphatic rings. The van der Waals surface area contributed by atoms with E-state index >= 15 is 0 Å². The Morgan fingerprint density at radius 1 is 1.22 bits per heavy atom. The van der Waals surface area contributed by atoms with Crippen molar-refractivity contribution in [3.05, 3.63) is 29.8 Å². The van der Waals surface area contributed by atoms with Gasteiger partial charge in [-0.25, -0.2) is 0 Å². The van der Waals surface area contributed by atoms with Gasteiger partial charge in [-0.15, -0.1) is 0 Å². The zero-order chi connectivity index (χ0) is 16.4. The third-order valence-corrected chi connectivity index (χ3v) is 5.14. The van der Waals surface area contributed by atoms with E-state index in [1.807, 2.05) is 0 Å². The van der Waals surface area contributed by atoms with Gasteiger partial charge in [-0.1, -0.05) is 13.3 Å². The first-order chi connectivity index (χ1) is 11.1. The summed E-state index contributed by atoms with van der Waals surface area (Å²) in [5.41, 5.74) is 7.11. The van der Waals surface area contributed by atoms with Crippen LogP contribution in [0.2, 0.25) is 0 Å². The quantitative estimate of drug-likeness (QED) is 0.778. The summed E-state index contributed by atoms with van der Waals surface area (Å²) in [5.74, 6) is 1.03. The number of carbonyl (C=O) groups excluding carboxylic acids is 2. The fourth-order valence-electron chi connectivity index (χ4n) is 3.39. The first kappa shape index (κ1) is 16.0. The van der Waals surface area contributed by atoms with Gasteiger partial charge in [0.2, 0.25) is 5.91 Å². The van der Waals surface area contributed by atoms with E-state index in [0.29, 0.717) is 23.9 Å². The van der Waals surface area contributed by atoms with Crippen LogP contribution < -0.4 is 16.4 Å². The van der Waals surface area contributed by atoms with E-state index in [9.17, 15) is 9.59 Å². The SMILES string of the molecule is CC1CC1C(=O)Nc1ccc(C(=O)NC2CCCC2CN)cc1. The van der Waals surface area contributed by atoms with Crippen LogP contribution in [0.25, 0.3) is 0 Å². The molecule has 0 aliphatic heterocycles. The van der Waals surface area contributed by atoms with Crippen molar-refractivity contribution >= 4 is 17.5 Å². The van der Waals surface area contributed by atoms with Crippen LogP contribution in [0.15, 0.2) is 24.3 Å². The largest absolute Gasteiger partial charge is 0.349 e. The van der Waals surface area contributed by atoms with E-state index in [2.05, 4.69) is 17.6 Å². The second-order valence-electron chi connectivity index (χ2n) is 6.89. The van der Waals surface area contributed by atoms with Gasteiger partial charge in [-0.05, 0) is 61.9 Å². The molecule has 0 heterocycles. The molecule has 23 heavy (non-hydrogen) atoms. The molecule has 0 saturated heterocycles. The lowest BCUT2D eigenvalue weighted by atomic mass is 10.0. The van der Waals surface area contributed by atoms with Crippen LogP contribution in [-0.4, -0.2) is 24.4 Å². The Labute approximate surface area is 137 Å². The monoisotopic (exact) mass is 315 g/mol. The van der Waals surface area contributed by atoms with Gasteiger partial charge in [0.25, 0.3) is 5.91 Å². The number of amides is 2. The van der Waals surface area contributed by atoms with Gasteiger partial charge in [0.1, 0.15) is 0 Å². The van der Waals surface area contributed by atoms with Crippen molar-refractivity contribution < 1.29 is 9.59 Å². The van der Waals surface area contributed by atoms with Gasteiger partial charge in [0, 0.05) is 23.2 Å². The molecule has 0 bridgehead atoms. The predicted octanol–water partition coefficient (Wildman–Crippen LogP) is 2.14. The van der Waals surface area contributed by atoms with Gasteiger partial charge in [0.05, 0.1) is 0 Å².